The first-order chi connectivity index (χ1) is 14.5. The summed E-state index contributed by atoms with van der Waals surface area (Å²) in [6.45, 7) is 1.39. The van der Waals surface area contributed by atoms with Crippen molar-refractivity contribution in [3.63, 3.8) is 0 Å². The fourth-order valence-electron chi connectivity index (χ4n) is 3.09. The van der Waals surface area contributed by atoms with Crippen molar-refractivity contribution >= 4 is 17.4 Å². The highest BCUT2D eigenvalue weighted by molar-refractivity contribution is 6.14. The van der Waals surface area contributed by atoms with E-state index >= 15 is 0 Å². The molecule has 1 aromatic heterocycles. The Hall–Kier alpha value is -3.87. The van der Waals surface area contributed by atoms with E-state index in [9.17, 15) is 9.59 Å². The van der Waals surface area contributed by atoms with Gasteiger partial charge >= 0.3 is 0 Å². The molecular weight excluding hydrogens is 384 g/mol. The Morgan fingerprint density at radius 3 is 2.13 bits per heavy atom. The average Bonchev–Trinajstić information content (AvgIpc) is 2.78. The minimum absolute atomic E-state index is 0.278. The number of ketones is 1. The third-order valence-corrected chi connectivity index (χ3v) is 4.46. The van der Waals surface area contributed by atoms with Gasteiger partial charge in [-0.2, -0.15) is 0 Å². The number of benzene rings is 2. The normalized spacial score (nSPS) is 10.3. The number of ether oxygens (including phenoxy) is 3. The van der Waals surface area contributed by atoms with E-state index in [0.29, 0.717) is 39.8 Å². The summed E-state index contributed by atoms with van der Waals surface area (Å²) in [4.78, 5) is 29.5. The molecule has 2 aromatic carbocycles. The number of amides is 1. The predicted octanol–water partition coefficient (Wildman–Crippen LogP) is 3.96. The standard InChI is InChI=1S/C23H22N2O5/c1-14(26)25-19-9-8-15(18-7-5-6-10-24-18)11-17(19)22(27)16-12-20(28-2)23(30-4)21(13-16)29-3/h5-13H,1-4H3,(H,25,26). The molecule has 0 aliphatic heterocycles. The quantitative estimate of drug-likeness (QED) is 0.598. The molecule has 0 unspecified atom stereocenters. The second-order valence-electron chi connectivity index (χ2n) is 6.40. The van der Waals surface area contributed by atoms with Crippen molar-refractivity contribution in [2.75, 3.05) is 26.6 Å². The van der Waals surface area contributed by atoms with Crippen LogP contribution < -0.4 is 19.5 Å². The Bertz CT molecular complexity index is 1060. The van der Waals surface area contributed by atoms with Crippen LogP contribution in [0.15, 0.2) is 54.7 Å². The van der Waals surface area contributed by atoms with E-state index in [1.807, 2.05) is 18.2 Å². The second kappa shape index (κ2) is 9.09. The molecule has 0 saturated heterocycles. The van der Waals surface area contributed by atoms with Gasteiger partial charge in [-0.15, -0.1) is 0 Å². The van der Waals surface area contributed by atoms with Crippen molar-refractivity contribution < 1.29 is 23.8 Å². The van der Waals surface area contributed by atoms with Crippen LogP contribution >= 0.6 is 0 Å². The number of anilines is 1. The van der Waals surface area contributed by atoms with Crippen LogP contribution in [0.4, 0.5) is 5.69 Å². The Morgan fingerprint density at radius 1 is 0.900 bits per heavy atom. The highest BCUT2D eigenvalue weighted by Crippen LogP contribution is 2.39. The number of nitrogens with one attached hydrogen (secondary N) is 1. The van der Waals surface area contributed by atoms with Crippen LogP contribution in [-0.4, -0.2) is 38.0 Å². The van der Waals surface area contributed by atoms with E-state index in [1.165, 1.54) is 28.3 Å². The Labute approximate surface area is 174 Å². The van der Waals surface area contributed by atoms with Gasteiger partial charge in [-0.05, 0) is 36.4 Å². The highest BCUT2D eigenvalue weighted by atomic mass is 16.5. The highest BCUT2D eigenvalue weighted by Gasteiger charge is 2.21. The lowest BCUT2D eigenvalue weighted by atomic mass is 9.97. The van der Waals surface area contributed by atoms with Gasteiger partial charge in [0, 0.05) is 29.8 Å². The number of methoxy groups -OCH3 is 3. The van der Waals surface area contributed by atoms with Crippen molar-refractivity contribution in [1.29, 1.82) is 0 Å². The third kappa shape index (κ3) is 4.25. The van der Waals surface area contributed by atoms with Gasteiger partial charge < -0.3 is 19.5 Å². The summed E-state index contributed by atoms with van der Waals surface area (Å²) < 4.78 is 16.0. The van der Waals surface area contributed by atoms with Crippen LogP contribution in [0.3, 0.4) is 0 Å². The van der Waals surface area contributed by atoms with Crippen molar-refractivity contribution in [2.45, 2.75) is 6.92 Å². The topological polar surface area (TPSA) is 86.8 Å². The van der Waals surface area contributed by atoms with Gasteiger partial charge in [0.1, 0.15) is 0 Å². The van der Waals surface area contributed by atoms with Crippen LogP contribution in [0.25, 0.3) is 11.3 Å². The van der Waals surface area contributed by atoms with Gasteiger partial charge in [-0.25, -0.2) is 0 Å². The van der Waals surface area contributed by atoms with Gasteiger partial charge in [0.05, 0.1) is 32.7 Å². The molecular formula is C23H22N2O5. The van der Waals surface area contributed by atoms with Crippen molar-refractivity contribution in [2.24, 2.45) is 0 Å². The van der Waals surface area contributed by atoms with E-state index in [2.05, 4.69) is 10.3 Å². The summed E-state index contributed by atoms with van der Waals surface area (Å²) in [6.07, 6.45) is 1.68. The van der Waals surface area contributed by atoms with Crippen molar-refractivity contribution in [1.82, 2.24) is 4.98 Å². The molecule has 0 spiro atoms. The number of hydrogen-bond donors (Lipinski definition) is 1. The molecule has 30 heavy (non-hydrogen) atoms. The molecule has 0 bridgehead atoms. The zero-order valence-corrected chi connectivity index (χ0v) is 17.2. The Kier molecular flexibility index (Phi) is 6.32. The number of carbonyl (C=O) groups is 2. The Morgan fingerprint density at radius 2 is 1.60 bits per heavy atom. The van der Waals surface area contributed by atoms with E-state index in [0.717, 1.165) is 5.56 Å². The average molecular weight is 406 g/mol. The molecule has 0 saturated carbocycles. The Balaban J connectivity index is 2.15. The van der Waals surface area contributed by atoms with Gasteiger partial charge in [0.25, 0.3) is 0 Å². The fourth-order valence-corrected chi connectivity index (χ4v) is 3.09. The zero-order valence-electron chi connectivity index (χ0n) is 17.2. The SMILES string of the molecule is COc1cc(C(=O)c2cc(-c3ccccn3)ccc2NC(C)=O)cc(OC)c1OC. The molecule has 3 aromatic rings. The number of hydrogen-bond acceptors (Lipinski definition) is 6. The van der Waals surface area contributed by atoms with Gasteiger partial charge in [-0.3, -0.25) is 14.6 Å². The first kappa shape index (κ1) is 20.9. The summed E-state index contributed by atoms with van der Waals surface area (Å²) in [5.74, 6) is 0.528. The zero-order chi connectivity index (χ0) is 21.7. The maximum absolute atomic E-state index is 13.4. The van der Waals surface area contributed by atoms with Crippen LogP contribution in [0.2, 0.25) is 0 Å². The van der Waals surface area contributed by atoms with Gasteiger partial charge in [0.15, 0.2) is 17.3 Å². The van der Waals surface area contributed by atoms with Crippen LogP contribution in [0, 0.1) is 0 Å². The molecule has 0 fully saturated rings. The maximum Gasteiger partial charge on any atom is 0.221 e. The number of nitrogens with zero attached hydrogens (tertiary/aromatic N) is 1. The number of aromatic nitrogens is 1. The van der Waals surface area contributed by atoms with Crippen LogP contribution in [0.1, 0.15) is 22.8 Å². The first-order valence-corrected chi connectivity index (χ1v) is 9.16. The minimum atomic E-state index is -0.309. The first-order valence-electron chi connectivity index (χ1n) is 9.16. The van der Waals surface area contributed by atoms with Crippen LogP contribution in [0.5, 0.6) is 17.2 Å². The number of carbonyl (C=O) groups excluding carboxylic acids is 2. The van der Waals surface area contributed by atoms with E-state index in [-0.39, 0.29) is 11.7 Å². The van der Waals surface area contributed by atoms with Gasteiger partial charge in [-0.1, -0.05) is 12.1 Å². The summed E-state index contributed by atoms with van der Waals surface area (Å²) >= 11 is 0. The molecule has 0 aliphatic carbocycles. The van der Waals surface area contributed by atoms with Crippen LogP contribution in [-0.2, 0) is 4.79 Å². The number of pyridine rings is 1. The smallest absolute Gasteiger partial charge is 0.221 e. The third-order valence-electron chi connectivity index (χ3n) is 4.46. The molecule has 7 nitrogen and oxygen atoms in total. The molecule has 0 atom stereocenters. The maximum atomic E-state index is 13.4. The summed E-state index contributed by atoms with van der Waals surface area (Å²) in [5.41, 5.74) is 2.52. The van der Waals surface area contributed by atoms with E-state index < -0.39 is 0 Å². The lowest BCUT2D eigenvalue weighted by molar-refractivity contribution is -0.114. The molecule has 1 amide bonds. The monoisotopic (exact) mass is 406 g/mol. The van der Waals surface area contributed by atoms with Gasteiger partial charge in [0.2, 0.25) is 11.7 Å². The summed E-state index contributed by atoms with van der Waals surface area (Å²) in [5, 5.41) is 2.72. The van der Waals surface area contributed by atoms with Crippen molar-refractivity contribution in [3.05, 3.63) is 65.9 Å². The lowest BCUT2D eigenvalue weighted by Crippen LogP contribution is -2.12. The molecule has 0 radical (unpaired) electrons. The second-order valence-corrected chi connectivity index (χ2v) is 6.40. The number of rotatable bonds is 7. The largest absolute Gasteiger partial charge is 0.493 e. The predicted molar refractivity (Wildman–Crippen MR) is 114 cm³/mol. The molecule has 7 heteroatoms. The molecule has 1 N–H and O–H groups in total. The molecule has 154 valence electrons. The van der Waals surface area contributed by atoms with E-state index in [4.69, 9.17) is 14.2 Å². The molecule has 3 rings (SSSR count). The van der Waals surface area contributed by atoms with E-state index in [1.54, 1.807) is 36.5 Å². The van der Waals surface area contributed by atoms with Crippen molar-refractivity contribution in [3.8, 4) is 28.5 Å². The lowest BCUT2D eigenvalue weighted by Gasteiger charge is -2.15. The summed E-state index contributed by atoms with van der Waals surface area (Å²) in [6, 6.07) is 13.9. The molecule has 0 aliphatic rings. The minimum Gasteiger partial charge on any atom is -0.493 e. The fraction of sp³-hybridized carbons (Fsp3) is 0.174. The molecule has 1 heterocycles. The summed E-state index contributed by atoms with van der Waals surface area (Å²) in [7, 11) is 4.46.